The first-order chi connectivity index (χ1) is 12.1. The van der Waals surface area contributed by atoms with Gasteiger partial charge in [0.05, 0.1) is 11.0 Å². The van der Waals surface area contributed by atoms with E-state index < -0.39 is 55.6 Å². The molecule has 8 nitrogen and oxygen atoms in total. The van der Waals surface area contributed by atoms with Crippen LogP contribution in [0.25, 0.3) is 0 Å². The molecule has 2 aromatic carbocycles. The van der Waals surface area contributed by atoms with Crippen molar-refractivity contribution in [3.63, 3.8) is 0 Å². The van der Waals surface area contributed by atoms with Gasteiger partial charge in [-0.3, -0.25) is 10.1 Å². The number of sulfonamides is 1. The van der Waals surface area contributed by atoms with Gasteiger partial charge in [-0.2, -0.15) is 0 Å². The third kappa shape index (κ3) is 4.37. The monoisotopic (exact) mass is 385 g/mol. The van der Waals surface area contributed by atoms with Gasteiger partial charge in [0, 0.05) is 30.1 Å². The summed E-state index contributed by atoms with van der Waals surface area (Å²) in [7, 11) is -4.65. The minimum atomic E-state index is -4.65. The normalized spacial score (nSPS) is 12.5. The lowest BCUT2D eigenvalue weighted by atomic mass is 10.0. The van der Waals surface area contributed by atoms with Gasteiger partial charge in [-0.1, -0.05) is 18.2 Å². The predicted octanol–water partition coefficient (Wildman–Crippen LogP) is 1.03. The van der Waals surface area contributed by atoms with Gasteiger partial charge in [0.2, 0.25) is 10.0 Å². The Kier molecular flexibility index (Phi) is 5.63. The molecule has 2 aromatic rings. The number of aliphatic carboxylic acids is 1. The summed E-state index contributed by atoms with van der Waals surface area (Å²) in [6.07, 6.45) is -0.938. The second-order valence-electron chi connectivity index (χ2n) is 5.14. The molecule has 1 atom stereocenters. The third-order valence-corrected chi connectivity index (χ3v) is 4.87. The van der Waals surface area contributed by atoms with E-state index in [1.54, 1.807) is 0 Å². The predicted molar refractivity (Wildman–Crippen MR) is 82.1 cm³/mol. The summed E-state index contributed by atoms with van der Waals surface area (Å²) in [5, 5.41) is 22.1. The minimum Gasteiger partial charge on any atom is -0.550 e. The Hall–Kier alpha value is -2.92. The largest absolute Gasteiger partial charge is 0.550 e. The Balaban J connectivity index is 2.49. The second-order valence-corrected chi connectivity index (χ2v) is 6.82. The zero-order chi connectivity index (χ0) is 19.5. The molecule has 0 spiro atoms. The van der Waals surface area contributed by atoms with Gasteiger partial charge in [0.1, 0.15) is 16.5 Å². The third-order valence-electron chi connectivity index (χ3n) is 3.36. The first-order valence-electron chi connectivity index (χ1n) is 7.02. The Morgan fingerprint density at radius 2 is 1.85 bits per heavy atom. The average Bonchev–Trinajstić information content (AvgIpc) is 2.53. The quantitative estimate of drug-likeness (QED) is 0.560. The number of hydrogen-bond donors (Lipinski definition) is 1. The molecule has 0 saturated carbocycles. The van der Waals surface area contributed by atoms with E-state index in [0.29, 0.717) is 18.2 Å². The summed E-state index contributed by atoms with van der Waals surface area (Å²) in [6.45, 7) is 0. The number of nitrogens with one attached hydrogen (secondary N) is 1. The number of rotatable bonds is 7. The molecular weight excluding hydrogens is 374 g/mol. The van der Waals surface area contributed by atoms with E-state index in [1.807, 2.05) is 4.72 Å². The smallest absolute Gasteiger partial charge is 0.274 e. The summed E-state index contributed by atoms with van der Waals surface area (Å²) in [5.41, 5.74) is -0.770. The molecule has 0 aliphatic carbocycles. The van der Waals surface area contributed by atoms with Crippen molar-refractivity contribution < 1.29 is 32.0 Å². The number of carboxylic acids is 1. The van der Waals surface area contributed by atoms with Crippen LogP contribution in [0, 0.1) is 21.7 Å². The molecule has 0 saturated heterocycles. The molecule has 138 valence electrons. The zero-order valence-corrected chi connectivity index (χ0v) is 13.7. The van der Waals surface area contributed by atoms with Gasteiger partial charge in [-0.15, -0.1) is 0 Å². The number of carboxylic acid groups (broad SMARTS) is 1. The Bertz CT molecular complexity index is 964. The number of benzene rings is 2. The zero-order valence-electron chi connectivity index (χ0n) is 12.9. The van der Waals surface area contributed by atoms with Crippen molar-refractivity contribution in [3.05, 3.63) is 69.8 Å². The van der Waals surface area contributed by atoms with Gasteiger partial charge in [-0.25, -0.2) is 21.9 Å². The molecule has 0 amide bonds. The van der Waals surface area contributed by atoms with Crippen molar-refractivity contribution in [2.45, 2.75) is 17.4 Å². The van der Waals surface area contributed by atoms with Crippen molar-refractivity contribution in [2.24, 2.45) is 0 Å². The lowest BCUT2D eigenvalue weighted by Crippen LogP contribution is -2.35. The molecule has 0 aliphatic heterocycles. The highest BCUT2D eigenvalue weighted by Crippen LogP contribution is 2.29. The van der Waals surface area contributed by atoms with E-state index in [-0.39, 0.29) is 5.56 Å². The molecule has 0 fully saturated rings. The van der Waals surface area contributed by atoms with Crippen LogP contribution in [0.4, 0.5) is 14.5 Å². The maximum absolute atomic E-state index is 13.8. The molecule has 1 N–H and O–H groups in total. The van der Waals surface area contributed by atoms with Gasteiger partial charge in [0.15, 0.2) is 0 Å². The van der Waals surface area contributed by atoms with E-state index >= 15 is 0 Å². The second kappa shape index (κ2) is 7.54. The number of para-hydroxylation sites is 1. The first kappa shape index (κ1) is 19.4. The van der Waals surface area contributed by atoms with Crippen LogP contribution in [0.2, 0.25) is 0 Å². The Morgan fingerprint density at radius 3 is 2.42 bits per heavy atom. The number of nitro benzene ring substituents is 1. The first-order valence-corrected chi connectivity index (χ1v) is 8.50. The van der Waals surface area contributed by atoms with Crippen LogP contribution in [-0.2, 0) is 14.8 Å². The van der Waals surface area contributed by atoms with Crippen molar-refractivity contribution in [1.82, 2.24) is 4.72 Å². The maximum atomic E-state index is 13.8. The Labute approximate surface area is 146 Å². The van der Waals surface area contributed by atoms with Gasteiger partial charge >= 0.3 is 0 Å². The number of nitrogens with zero attached hydrogens (tertiary/aromatic N) is 1. The number of carbonyl (C=O) groups excluding carboxylic acids is 1. The van der Waals surface area contributed by atoms with Crippen molar-refractivity contribution in [2.75, 3.05) is 0 Å². The van der Waals surface area contributed by atoms with Crippen molar-refractivity contribution in [3.8, 4) is 0 Å². The average molecular weight is 385 g/mol. The van der Waals surface area contributed by atoms with E-state index in [9.17, 15) is 37.2 Å². The molecule has 11 heteroatoms. The van der Waals surface area contributed by atoms with Gasteiger partial charge in [0.25, 0.3) is 5.69 Å². The van der Waals surface area contributed by atoms with Crippen LogP contribution in [0.5, 0.6) is 0 Å². The maximum Gasteiger partial charge on any atom is 0.274 e. The fraction of sp³-hybridized carbons (Fsp3) is 0.133. The van der Waals surface area contributed by atoms with Gasteiger partial charge in [-0.05, 0) is 12.1 Å². The molecule has 0 unspecified atom stereocenters. The fourth-order valence-corrected chi connectivity index (χ4v) is 3.55. The van der Waals surface area contributed by atoms with E-state index in [2.05, 4.69) is 0 Å². The highest BCUT2D eigenvalue weighted by molar-refractivity contribution is 7.89. The molecule has 26 heavy (non-hydrogen) atoms. The summed E-state index contributed by atoms with van der Waals surface area (Å²) >= 11 is 0. The van der Waals surface area contributed by atoms with E-state index in [1.165, 1.54) is 12.1 Å². The fourth-order valence-electron chi connectivity index (χ4n) is 2.27. The standard InChI is InChI=1S/C15H12F2N2O6S/c16-9-5-6-14(11(17)7-9)26(24,25)18-12(8-15(20)21)10-3-1-2-4-13(10)19(22)23/h1-7,12,18H,8H2,(H,20,21)/p-1/t12-/m1/s1. The number of halogens is 2. The van der Waals surface area contributed by atoms with Crippen LogP contribution < -0.4 is 9.83 Å². The number of carbonyl (C=O) groups is 1. The Morgan fingerprint density at radius 1 is 1.19 bits per heavy atom. The summed E-state index contributed by atoms with van der Waals surface area (Å²) in [5.74, 6) is -4.09. The van der Waals surface area contributed by atoms with Crippen LogP contribution in [0.3, 0.4) is 0 Å². The van der Waals surface area contributed by atoms with Crippen molar-refractivity contribution in [1.29, 1.82) is 0 Å². The SMILES string of the molecule is O=C([O-])C[C@@H](NS(=O)(=O)c1ccc(F)cc1F)c1ccccc1[N+](=O)[O-]. The molecular formula is C15H11F2N2O6S-. The highest BCUT2D eigenvalue weighted by atomic mass is 32.2. The molecule has 0 heterocycles. The lowest BCUT2D eigenvalue weighted by molar-refractivity contribution is -0.385. The van der Waals surface area contributed by atoms with Crippen LogP contribution in [0.15, 0.2) is 47.4 Å². The summed E-state index contributed by atoms with van der Waals surface area (Å²) in [6, 6.07) is 4.98. The topological polar surface area (TPSA) is 129 Å². The highest BCUT2D eigenvalue weighted by Gasteiger charge is 2.28. The molecule has 0 aliphatic rings. The molecule has 0 bridgehead atoms. The lowest BCUT2D eigenvalue weighted by Gasteiger charge is -2.20. The summed E-state index contributed by atoms with van der Waals surface area (Å²) in [4.78, 5) is 20.3. The van der Waals surface area contributed by atoms with E-state index in [4.69, 9.17) is 0 Å². The van der Waals surface area contributed by atoms with Crippen LogP contribution in [0.1, 0.15) is 18.0 Å². The minimum absolute atomic E-state index is 0.243. The summed E-state index contributed by atoms with van der Waals surface area (Å²) < 4.78 is 53.3. The van der Waals surface area contributed by atoms with Crippen molar-refractivity contribution >= 4 is 21.7 Å². The molecule has 0 radical (unpaired) electrons. The van der Waals surface area contributed by atoms with E-state index in [0.717, 1.165) is 12.1 Å². The molecule has 2 rings (SSSR count). The van der Waals surface area contributed by atoms with Crippen LogP contribution >= 0.6 is 0 Å². The molecule has 0 aromatic heterocycles. The number of hydrogen-bond acceptors (Lipinski definition) is 6. The van der Waals surface area contributed by atoms with Crippen LogP contribution in [-0.4, -0.2) is 19.3 Å². The van der Waals surface area contributed by atoms with Gasteiger partial charge < -0.3 is 9.90 Å². The number of nitro groups is 1.